The summed E-state index contributed by atoms with van der Waals surface area (Å²) in [6.45, 7) is 2.25. The molecule has 0 amide bonds. The molecule has 0 spiro atoms. The minimum atomic E-state index is -0.514. The van der Waals surface area contributed by atoms with Crippen molar-refractivity contribution in [3.8, 4) is 0 Å². The predicted octanol–water partition coefficient (Wildman–Crippen LogP) is 1.68. The number of hydrogen-bond donors (Lipinski definition) is 0. The third-order valence-corrected chi connectivity index (χ3v) is 3.95. The average molecular weight is 330 g/mol. The number of halogens is 1. The van der Waals surface area contributed by atoms with Gasteiger partial charge in [0.1, 0.15) is 5.41 Å². The molecule has 0 bridgehead atoms. The highest BCUT2D eigenvalue weighted by Crippen LogP contribution is 2.60. The topological polar surface area (TPSA) is 41.9 Å². The summed E-state index contributed by atoms with van der Waals surface area (Å²) in [4.78, 5) is 11.9. The monoisotopic (exact) mass is 330 g/mol. The molecule has 3 aliphatic rings. The van der Waals surface area contributed by atoms with Gasteiger partial charge in [-0.05, 0) is 29.5 Å². The van der Waals surface area contributed by atoms with Crippen molar-refractivity contribution >= 4 is 34.8 Å². The van der Waals surface area contributed by atoms with Crippen molar-refractivity contribution in [2.75, 3.05) is 6.61 Å². The Hall–Kier alpha value is -0.850. The maximum absolute atomic E-state index is 11.9. The average Bonchev–Trinajstić information content (AvgIpc) is 2.80. The van der Waals surface area contributed by atoms with Gasteiger partial charge in [0.2, 0.25) is 0 Å². The van der Waals surface area contributed by atoms with E-state index in [4.69, 9.17) is 4.74 Å². The summed E-state index contributed by atoms with van der Waals surface area (Å²) in [6, 6.07) is 0.134. The van der Waals surface area contributed by atoms with Gasteiger partial charge in [-0.2, -0.15) is 5.10 Å². The molecule has 3 unspecified atom stereocenters. The van der Waals surface area contributed by atoms with Crippen LogP contribution in [0.5, 0.6) is 0 Å². The van der Waals surface area contributed by atoms with Crippen molar-refractivity contribution in [2.24, 2.45) is 16.4 Å². The minimum Gasteiger partial charge on any atom is -0.465 e. The number of ether oxygens (including phenoxy) is 1. The van der Waals surface area contributed by atoms with Gasteiger partial charge < -0.3 is 4.74 Å². The molecule has 0 aromatic rings. The van der Waals surface area contributed by atoms with Crippen LogP contribution < -0.4 is 0 Å². The molecule has 84 valence electrons. The smallest absolute Gasteiger partial charge is 0.320 e. The fourth-order valence-electron chi connectivity index (χ4n) is 2.50. The quantitative estimate of drug-likeness (QED) is 0.572. The molecule has 2 heterocycles. The summed E-state index contributed by atoms with van der Waals surface area (Å²) in [6.07, 6.45) is 7.83. The lowest BCUT2D eigenvalue weighted by molar-refractivity contribution is -0.147. The molecule has 3 rings (SSSR count). The zero-order valence-electron chi connectivity index (χ0n) is 8.76. The van der Waals surface area contributed by atoms with Gasteiger partial charge in [-0.25, -0.2) is 0 Å². The highest BCUT2D eigenvalue weighted by Gasteiger charge is 2.74. The van der Waals surface area contributed by atoms with Crippen LogP contribution in [0.4, 0.5) is 0 Å². The van der Waals surface area contributed by atoms with Crippen LogP contribution in [-0.4, -0.2) is 29.8 Å². The van der Waals surface area contributed by atoms with Crippen LogP contribution in [-0.2, 0) is 9.53 Å². The molecule has 2 aliphatic heterocycles. The molecular formula is C11H11IN2O2. The number of carbonyl (C=O) groups is 1. The lowest BCUT2D eigenvalue weighted by atomic mass is 10.1. The molecule has 0 N–H and O–H groups in total. The zero-order valence-corrected chi connectivity index (χ0v) is 10.9. The number of hydrogen-bond acceptors (Lipinski definition) is 4. The van der Waals surface area contributed by atoms with Crippen LogP contribution in [0, 0.1) is 11.3 Å². The maximum atomic E-state index is 11.9. The first-order chi connectivity index (χ1) is 7.70. The lowest BCUT2D eigenvalue weighted by Gasteiger charge is -2.09. The van der Waals surface area contributed by atoms with Crippen molar-refractivity contribution < 1.29 is 9.53 Å². The van der Waals surface area contributed by atoms with E-state index in [1.807, 2.05) is 24.2 Å². The summed E-state index contributed by atoms with van der Waals surface area (Å²) < 4.78 is 6.26. The number of allylic oxidation sites excluding steroid dienone is 2. The first kappa shape index (κ1) is 10.3. The van der Waals surface area contributed by atoms with E-state index >= 15 is 0 Å². The van der Waals surface area contributed by atoms with Crippen molar-refractivity contribution in [2.45, 2.75) is 13.0 Å². The standard InChI is InChI=1S/C11H11IN2O2/c1-2-16-10(15)11-6-13-14-5-7(12)3-4-8(11)9(11)14/h3-6,8-9H,2H2,1H3. The van der Waals surface area contributed by atoms with Gasteiger partial charge in [0.05, 0.1) is 12.6 Å². The highest BCUT2D eigenvalue weighted by molar-refractivity contribution is 14.1. The van der Waals surface area contributed by atoms with E-state index in [1.165, 1.54) is 0 Å². The number of carbonyl (C=O) groups excluding carboxylic acids is 1. The molecule has 0 aromatic carbocycles. The molecule has 5 heteroatoms. The Bertz CT molecular complexity index is 443. The Morgan fingerprint density at radius 1 is 1.75 bits per heavy atom. The molecule has 1 fully saturated rings. The second kappa shape index (κ2) is 3.32. The van der Waals surface area contributed by atoms with E-state index in [0.717, 1.165) is 3.58 Å². The molecule has 16 heavy (non-hydrogen) atoms. The van der Waals surface area contributed by atoms with E-state index < -0.39 is 5.41 Å². The van der Waals surface area contributed by atoms with Crippen LogP contribution in [0.1, 0.15) is 6.92 Å². The Balaban J connectivity index is 1.92. The van der Waals surface area contributed by atoms with Crippen LogP contribution in [0.2, 0.25) is 0 Å². The van der Waals surface area contributed by atoms with Gasteiger partial charge in [0.25, 0.3) is 0 Å². The summed E-state index contributed by atoms with van der Waals surface area (Å²) in [5.41, 5.74) is -0.514. The number of hydrazone groups is 1. The second-order valence-corrected chi connectivity index (χ2v) is 5.37. The second-order valence-electron chi connectivity index (χ2n) is 4.12. The van der Waals surface area contributed by atoms with Crippen LogP contribution >= 0.6 is 22.6 Å². The SMILES string of the molecule is CCOC(=O)C12C=NN3C=C(I)C=CC1C32. The molecule has 0 aromatic heterocycles. The van der Waals surface area contributed by atoms with Gasteiger partial charge in [0.15, 0.2) is 0 Å². The number of rotatable bonds is 2. The molecule has 1 saturated carbocycles. The van der Waals surface area contributed by atoms with Gasteiger partial charge in [-0.1, -0.05) is 12.2 Å². The van der Waals surface area contributed by atoms with Gasteiger partial charge in [-0.15, -0.1) is 0 Å². The summed E-state index contributed by atoms with van der Waals surface area (Å²) in [5, 5.41) is 6.14. The Morgan fingerprint density at radius 3 is 3.31 bits per heavy atom. The van der Waals surface area contributed by atoms with E-state index in [2.05, 4.69) is 33.8 Å². The lowest BCUT2D eigenvalue weighted by Crippen LogP contribution is -2.24. The molecule has 0 saturated heterocycles. The third kappa shape index (κ3) is 1.15. The number of esters is 1. The molecule has 1 aliphatic carbocycles. The van der Waals surface area contributed by atoms with Crippen LogP contribution in [0.25, 0.3) is 0 Å². The molecule has 4 nitrogen and oxygen atoms in total. The number of nitrogens with zero attached hydrogens (tertiary/aromatic N) is 2. The molecule has 3 atom stereocenters. The molecule has 0 radical (unpaired) electrons. The summed E-state index contributed by atoms with van der Waals surface area (Å²) in [5.74, 6) is 0.0683. The normalized spacial score (nSPS) is 37.9. The minimum absolute atomic E-state index is 0.134. The first-order valence-corrected chi connectivity index (χ1v) is 6.34. The van der Waals surface area contributed by atoms with Crippen molar-refractivity contribution in [1.29, 1.82) is 0 Å². The summed E-state index contributed by atoms with van der Waals surface area (Å²) in [7, 11) is 0. The van der Waals surface area contributed by atoms with Crippen molar-refractivity contribution in [3.05, 3.63) is 21.9 Å². The Kier molecular flexibility index (Phi) is 2.14. The molecular weight excluding hydrogens is 319 g/mol. The van der Waals surface area contributed by atoms with E-state index in [-0.39, 0.29) is 17.9 Å². The van der Waals surface area contributed by atoms with E-state index in [9.17, 15) is 4.79 Å². The van der Waals surface area contributed by atoms with Gasteiger partial charge in [0, 0.05) is 21.9 Å². The maximum Gasteiger partial charge on any atom is 0.320 e. The fourth-order valence-corrected chi connectivity index (χ4v) is 3.00. The van der Waals surface area contributed by atoms with E-state index in [0.29, 0.717) is 6.61 Å². The highest BCUT2D eigenvalue weighted by atomic mass is 127. The zero-order chi connectivity index (χ0) is 11.3. The fraction of sp³-hybridized carbons (Fsp3) is 0.455. The Morgan fingerprint density at radius 2 is 2.56 bits per heavy atom. The summed E-state index contributed by atoms with van der Waals surface area (Å²) >= 11 is 2.25. The van der Waals surface area contributed by atoms with E-state index in [1.54, 1.807) is 6.21 Å². The number of fused-ring (bicyclic) bond motifs is 1. The van der Waals surface area contributed by atoms with Gasteiger partial charge >= 0.3 is 5.97 Å². The Labute approximate surface area is 107 Å². The van der Waals surface area contributed by atoms with Crippen molar-refractivity contribution in [3.63, 3.8) is 0 Å². The largest absolute Gasteiger partial charge is 0.465 e. The van der Waals surface area contributed by atoms with Crippen LogP contribution in [0.3, 0.4) is 0 Å². The predicted molar refractivity (Wildman–Crippen MR) is 67.9 cm³/mol. The third-order valence-electron chi connectivity index (χ3n) is 3.31. The first-order valence-electron chi connectivity index (χ1n) is 5.26. The van der Waals surface area contributed by atoms with Crippen LogP contribution in [0.15, 0.2) is 27.0 Å². The van der Waals surface area contributed by atoms with Crippen molar-refractivity contribution in [1.82, 2.24) is 5.01 Å². The van der Waals surface area contributed by atoms with Gasteiger partial charge in [-0.3, -0.25) is 9.80 Å².